The summed E-state index contributed by atoms with van der Waals surface area (Å²) in [4.78, 5) is 15.5. The van der Waals surface area contributed by atoms with Crippen LogP contribution in [0.4, 0.5) is 10.5 Å². The number of amides is 1. The summed E-state index contributed by atoms with van der Waals surface area (Å²) >= 11 is 5.80. The number of nitrogens with one attached hydrogen (secondary N) is 1. The summed E-state index contributed by atoms with van der Waals surface area (Å²) in [5, 5.41) is 3.02. The van der Waals surface area contributed by atoms with E-state index in [0.29, 0.717) is 10.8 Å². The molecule has 0 bridgehead atoms. The largest absolute Gasteiger partial charge is 0.444 e. The number of aryl methyl sites for hydroxylation is 1. The molecule has 0 fully saturated rings. The van der Waals surface area contributed by atoms with E-state index in [1.807, 2.05) is 37.3 Å². The Bertz CT molecular complexity index is 573. The van der Waals surface area contributed by atoms with Crippen LogP contribution in [0, 0.1) is 6.92 Å². The highest BCUT2D eigenvalue weighted by atomic mass is 35.5. The minimum Gasteiger partial charge on any atom is -0.444 e. The number of carbonyl (C=O) groups excluding carboxylic acids is 1. The molecule has 0 atom stereocenters. The summed E-state index contributed by atoms with van der Waals surface area (Å²) < 4.78 is 5.09. The predicted octanol–water partition coefficient (Wildman–Crippen LogP) is 3.79. The van der Waals surface area contributed by atoms with Crippen LogP contribution >= 0.6 is 11.6 Å². The molecule has 0 aliphatic carbocycles. The number of rotatable bonds is 3. The second kappa shape index (κ2) is 6.20. The average Bonchev–Trinajstić information content (AvgIpc) is 2.42. The van der Waals surface area contributed by atoms with E-state index in [2.05, 4.69) is 10.3 Å². The van der Waals surface area contributed by atoms with Gasteiger partial charge in [-0.15, -0.1) is 0 Å². The maximum atomic E-state index is 11.6. The number of hydrogen-bond donors (Lipinski definition) is 1. The average molecular weight is 277 g/mol. The van der Waals surface area contributed by atoms with Gasteiger partial charge in [-0.05, 0) is 24.1 Å². The molecule has 0 aliphatic heterocycles. The van der Waals surface area contributed by atoms with E-state index in [0.717, 1.165) is 11.1 Å². The molecule has 0 saturated carbocycles. The Labute approximate surface area is 116 Å². The molecule has 2 rings (SSSR count). The third kappa shape index (κ3) is 3.96. The summed E-state index contributed by atoms with van der Waals surface area (Å²) in [5.74, 6) is 0. The second-order valence-electron chi connectivity index (χ2n) is 4.02. The number of anilines is 1. The SMILES string of the molecule is Cc1cc(NC(=O)OCc2ccccc2)cnc1Cl. The fourth-order valence-corrected chi connectivity index (χ4v) is 1.61. The van der Waals surface area contributed by atoms with Crippen LogP contribution in [-0.4, -0.2) is 11.1 Å². The van der Waals surface area contributed by atoms with E-state index in [4.69, 9.17) is 16.3 Å². The number of benzene rings is 1. The highest BCUT2D eigenvalue weighted by molar-refractivity contribution is 6.30. The summed E-state index contributed by atoms with van der Waals surface area (Å²) in [5.41, 5.74) is 2.28. The fourth-order valence-electron chi connectivity index (χ4n) is 1.50. The summed E-state index contributed by atoms with van der Waals surface area (Å²) in [6.07, 6.45) is 0.964. The lowest BCUT2D eigenvalue weighted by Crippen LogP contribution is -2.13. The van der Waals surface area contributed by atoms with Crippen molar-refractivity contribution < 1.29 is 9.53 Å². The molecule has 1 aromatic heterocycles. The molecule has 4 nitrogen and oxygen atoms in total. The molecular formula is C14H13ClN2O2. The Morgan fingerprint density at radius 3 is 2.79 bits per heavy atom. The van der Waals surface area contributed by atoms with E-state index in [9.17, 15) is 4.79 Å². The Morgan fingerprint density at radius 1 is 1.37 bits per heavy atom. The highest BCUT2D eigenvalue weighted by Gasteiger charge is 2.05. The molecule has 98 valence electrons. The Morgan fingerprint density at radius 2 is 2.11 bits per heavy atom. The van der Waals surface area contributed by atoms with Crippen molar-refractivity contribution in [3.8, 4) is 0 Å². The first-order chi connectivity index (χ1) is 9.15. The maximum Gasteiger partial charge on any atom is 0.412 e. The van der Waals surface area contributed by atoms with Crippen molar-refractivity contribution in [3.63, 3.8) is 0 Å². The number of hydrogen-bond acceptors (Lipinski definition) is 3. The van der Waals surface area contributed by atoms with Crippen LogP contribution in [-0.2, 0) is 11.3 Å². The van der Waals surface area contributed by atoms with Gasteiger partial charge in [0.2, 0.25) is 0 Å². The standard InChI is InChI=1S/C14H13ClN2O2/c1-10-7-12(8-16-13(10)15)17-14(18)19-9-11-5-3-2-4-6-11/h2-8H,9H2,1H3,(H,17,18). The van der Waals surface area contributed by atoms with Crippen molar-refractivity contribution >= 4 is 23.4 Å². The lowest BCUT2D eigenvalue weighted by Gasteiger charge is -2.07. The van der Waals surface area contributed by atoms with Crippen LogP contribution in [0.25, 0.3) is 0 Å². The molecular weight excluding hydrogens is 264 g/mol. The Balaban J connectivity index is 1.89. The smallest absolute Gasteiger partial charge is 0.412 e. The zero-order chi connectivity index (χ0) is 13.7. The molecule has 1 aromatic carbocycles. The Hall–Kier alpha value is -2.07. The maximum absolute atomic E-state index is 11.6. The van der Waals surface area contributed by atoms with Gasteiger partial charge in [-0.2, -0.15) is 0 Å². The molecule has 0 spiro atoms. The van der Waals surface area contributed by atoms with Crippen LogP contribution < -0.4 is 5.32 Å². The summed E-state index contributed by atoms with van der Waals surface area (Å²) in [6, 6.07) is 11.2. The van der Waals surface area contributed by atoms with Gasteiger partial charge in [0.15, 0.2) is 0 Å². The molecule has 0 unspecified atom stereocenters. The summed E-state index contributed by atoms with van der Waals surface area (Å²) in [6.45, 7) is 2.04. The number of aromatic nitrogens is 1. The Kier molecular flexibility index (Phi) is 4.36. The van der Waals surface area contributed by atoms with Crippen molar-refractivity contribution in [3.05, 3.63) is 58.9 Å². The number of carbonyl (C=O) groups is 1. The van der Waals surface area contributed by atoms with E-state index < -0.39 is 6.09 Å². The first kappa shape index (κ1) is 13.4. The van der Waals surface area contributed by atoms with Crippen LogP contribution in [0.15, 0.2) is 42.6 Å². The van der Waals surface area contributed by atoms with E-state index >= 15 is 0 Å². The van der Waals surface area contributed by atoms with Crippen molar-refractivity contribution in [2.45, 2.75) is 13.5 Å². The number of ether oxygens (including phenoxy) is 1. The van der Waals surface area contributed by atoms with Gasteiger partial charge in [0.05, 0.1) is 11.9 Å². The molecule has 2 aromatic rings. The topological polar surface area (TPSA) is 51.2 Å². The predicted molar refractivity (Wildman–Crippen MR) is 74.2 cm³/mol. The van der Waals surface area contributed by atoms with Gasteiger partial charge in [-0.1, -0.05) is 41.9 Å². The van der Waals surface area contributed by atoms with E-state index in [1.165, 1.54) is 6.20 Å². The van der Waals surface area contributed by atoms with Gasteiger partial charge < -0.3 is 4.74 Å². The van der Waals surface area contributed by atoms with Crippen molar-refractivity contribution in [2.24, 2.45) is 0 Å². The van der Waals surface area contributed by atoms with Gasteiger partial charge in [0.25, 0.3) is 0 Å². The minimum atomic E-state index is -0.521. The van der Waals surface area contributed by atoms with Gasteiger partial charge in [-0.25, -0.2) is 9.78 Å². The van der Waals surface area contributed by atoms with Crippen LogP contribution in [0.1, 0.15) is 11.1 Å². The normalized spacial score (nSPS) is 10.0. The van der Waals surface area contributed by atoms with Crippen molar-refractivity contribution in [1.29, 1.82) is 0 Å². The molecule has 0 saturated heterocycles. The molecule has 1 N–H and O–H groups in total. The number of nitrogens with zero attached hydrogens (tertiary/aromatic N) is 1. The van der Waals surface area contributed by atoms with E-state index in [1.54, 1.807) is 6.07 Å². The molecule has 19 heavy (non-hydrogen) atoms. The molecule has 0 aliphatic rings. The van der Waals surface area contributed by atoms with E-state index in [-0.39, 0.29) is 6.61 Å². The fraction of sp³-hybridized carbons (Fsp3) is 0.143. The molecule has 5 heteroatoms. The quantitative estimate of drug-likeness (QED) is 0.868. The zero-order valence-electron chi connectivity index (χ0n) is 10.4. The highest BCUT2D eigenvalue weighted by Crippen LogP contribution is 2.16. The summed E-state index contributed by atoms with van der Waals surface area (Å²) in [7, 11) is 0. The van der Waals surface area contributed by atoms with Crippen molar-refractivity contribution in [2.75, 3.05) is 5.32 Å². The zero-order valence-corrected chi connectivity index (χ0v) is 11.1. The van der Waals surface area contributed by atoms with Gasteiger partial charge >= 0.3 is 6.09 Å². The first-order valence-electron chi connectivity index (χ1n) is 5.75. The monoisotopic (exact) mass is 276 g/mol. The van der Waals surface area contributed by atoms with Crippen molar-refractivity contribution in [1.82, 2.24) is 4.98 Å². The lowest BCUT2D eigenvalue weighted by atomic mass is 10.2. The second-order valence-corrected chi connectivity index (χ2v) is 4.38. The van der Waals surface area contributed by atoms with Crippen LogP contribution in [0.3, 0.4) is 0 Å². The molecule has 1 amide bonds. The van der Waals surface area contributed by atoms with Crippen LogP contribution in [0.5, 0.6) is 0 Å². The molecule has 0 radical (unpaired) electrons. The lowest BCUT2D eigenvalue weighted by molar-refractivity contribution is 0.155. The van der Waals surface area contributed by atoms with Gasteiger partial charge in [0.1, 0.15) is 11.8 Å². The third-order valence-corrected chi connectivity index (χ3v) is 2.87. The van der Waals surface area contributed by atoms with Gasteiger partial charge in [0, 0.05) is 0 Å². The first-order valence-corrected chi connectivity index (χ1v) is 6.13. The molecule has 1 heterocycles. The van der Waals surface area contributed by atoms with Crippen LogP contribution in [0.2, 0.25) is 5.15 Å². The number of halogens is 1. The third-order valence-electron chi connectivity index (χ3n) is 2.47. The van der Waals surface area contributed by atoms with Gasteiger partial charge in [-0.3, -0.25) is 5.32 Å². The minimum absolute atomic E-state index is 0.229. The number of pyridine rings is 1.